The van der Waals surface area contributed by atoms with Gasteiger partial charge in [-0.05, 0) is 27.1 Å². The van der Waals surface area contributed by atoms with Gasteiger partial charge in [-0.2, -0.15) is 0 Å². The maximum Gasteiger partial charge on any atom is 0.247 e. The molecule has 17 heavy (non-hydrogen) atoms. The van der Waals surface area contributed by atoms with Gasteiger partial charge in [-0.1, -0.05) is 0 Å². The minimum absolute atomic E-state index is 0.0581. The van der Waals surface area contributed by atoms with Crippen molar-refractivity contribution >= 4 is 10.0 Å². The lowest BCUT2D eigenvalue weighted by Crippen LogP contribution is -2.39. The Bertz CT molecular complexity index is 501. The molecule has 0 aliphatic rings. The molecule has 96 valence electrons. The summed E-state index contributed by atoms with van der Waals surface area (Å²) in [7, 11) is 0.163. The predicted molar refractivity (Wildman–Crippen MR) is 65.4 cm³/mol. The quantitative estimate of drug-likeness (QED) is 0.754. The summed E-state index contributed by atoms with van der Waals surface area (Å²) in [6.07, 6.45) is 1.19. The maximum absolute atomic E-state index is 11.9. The molecule has 6 nitrogen and oxygen atoms in total. The first-order valence-electron chi connectivity index (χ1n) is 5.17. The van der Waals surface area contributed by atoms with Gasteiger partial charge in [0.2, 0.25) is 15.6 Å². The van der Waals surface area contributed by atoms with Crippen LogP contribution in [0.25, 0.3) is 0 Å². The van der Waals surface area contributed by atoms with Crippen molar-refractivity contribution in [2.45, 2.75) is 17.9 Å². The van der Waals surface area contributed by atoms with E-state index < -0.39 is 10.0 Å². The fraction of sp³-hybridized carbons (Fsp3) is 0.500. The summed E-state index contributed by atoms with van der Waals surface area (Å²) in [4.78, 5) is 15.1. The van der Waals surface area contributed by atoms with Crippen LogP contribution >= 0.6 is 0 Å². The summed E-state index contributed by atoms with van der Waals surface area (Å²) >= 11 is 0. The summed E-state index contributed by atoms with van der Waals surface area (Å²) in [5.41, 5.74) is -0.328. The number of likely N-dealkylation sites (N-methyl/N-ethyl adjacent to an activating group) is 1. The zero-order chi connectivity index (χ0) is 13.1. The van der Waals surface area contributed by atoms with Crippen LogP contribution in [0.5, 0.6) is 0 Å². The minimum Gasteiger partial charge on any atom is -0.328 e. The molecular weight excluding hydrogens is 242 g/mol. The number of nitrogens with zero attached hydrogens (tertiary/aromatic N) is 1. The van der Waals surface area contributed by atoms with Gasteiger partial charge in [-0.3, -0.25) is 4.79 Å². The van der Waals surface area contributed by atoms with E-state index in [4.69, 9.17) is 0 Å². The number of sulfonamides is 1. The third-order valence-corrected chi connectivity index (χ3v) is 3.65. The third-order valence-electron chi connectivity index (χ3n) is 2.06. The maximum atomic E-state index is 11.9. The fourth-order valence-corrected chi connectivity index (χ4v) is 2.68. The molecule has 0 aromatic carbocycles. The number of H-pyrrole nitrogens is 1. The van der Waals surface area contributed by atoms with E-state index in [1.54, 1.807) is 6.92 Å². The average Bonchev–Trinajstić information content (AvgIpc) is 2.15. The number of nitrogens with one attached hydrogen (secondary N) is 2. The van der Waals surface area contributed by atoms with Gasteiger partial charge < -0.3 is 9.88 Å². The summed E-state index contributed by atoms with van der Waals surface area (Å²) in [6, 6.07) is 2.26. The van der Waals surface area contributed by atoms with Crippen LogP contribution in [0.2, 0.25) is 0 Å². The number of aromatic nitrogens is 1. The zero-order valence-corrected chi connectivity index (χ0v) is 10.9. The second-order valence-electron chi connectivity index (χ2n) is 4.17. The molecule has 0 fully saturated rings. The summed E-state index contributed by atoms with van der Waals surface area (Å²) in [5, 5.41) is 0. The van der Waals surface area contributed by atoms with Gasteiger partial charge in [0, 0.05) is 24.8 Å². The highest BCUT2D eigenvalue weighted by Gasteiger charge is 2.17. The van der Waals surface area contributed by atoms with E-state index in [1.165, 1.54) is 18.3 Å². The monoisotopic (exact) mass is 259 g/mol. The van der Waals surface area contributed by atoms with E-state index in [0.29, 0.717) is 6.54 Å². The number of pyridine rings is 1. The van der Waals surface area contributed by atoms with Crippen LogP contribution in [0.1, 0.15) is 6.92 Å². The highest BCUT2D eigenvalue weighted by molar-refractivity contribution is 7.89. The third kappa shape index (κ3) is 4.29. The van der Waals surface area contributed by atoms with Crippen LogP contribution in [0.3, 0.4) is 0 Å². The Labute approximate surface area is 101 Å². The molecule has 1 atom stereocenters. The SMILES string of the molecule is CC(CN(C)C)NS(=O)(=O)c1ccc(=O)[nH]c1. The number of aromatic amines is 1. The van der Waals surface area contributed by atoms with Crippen molar-refractivity contribution < 1.29 is 8.42 Å². The van der Waals surface area contributed by atoms with Crippen molar-refractivity contribution in [1.29, 1.82) is 0 Å². The second kappa shape index (κ2) is 5.44. The summed E-state index contributed by atoms with van der Waals surface area (Å²) < 4.78 is 26.3. The van der Waals surface area contributed by atoms with Crippen molar-refractivity contribution in [1.82, 2.24) is 14.6 Å². The van der Waals surface area contributed by atoms with Crippen molar-refractivity contribution in [2.24, 2.45) is 0 Å². The van der Waals surface area contributed by atoms with Gasteiger partial charge in [0.25, 0.3) is 0 Å². The lowest BCUT2D eigenvalue weighted by molar-refractivity contribution is 0.370. The molecule has 1 unspecified atom stereocenters. The minimum atomic E-state index is -3.57. The second-order valence-corrected chi connectivity index (χ2v) is 5.89. The van der Waals surface area contributed by atoms with E-state index in [9.17, 15) is 13.2 Å². The van der Waals surface area contributed by atoms with E-state index in [0.717, 1.165) is 0 Å². The molecule has 0 amide bonds. The number of hydrogen-bond donors (Lipinski definition) is 2. The Hall–Kier alpha value is -1.18. The van der Waals surface area contributed by atoms with Gasteiger partial charge in [0.1, 0.15) is 0 Å². The standard InChI is InChI=1S/C10H17N3O3S/c1-8(7-13(2)3)12-17(15,16)9-4-5-10(14)11-6-9/h4-6,8,12H,7H2,1-3H3,(H,11,14). The Kier molecular flexibility index (Phi) is 4.44. The molecule has 1 aromatic rings. The Morgan fingerprint density at radius 1 is 1.41 bits per heavy atom. The van der Waals surface area contributed by atoms with Crippen molar-refractivity contribution in [3.63, 3.8) is 0 Å². The van der Waals surface area contributed by atoms with Crippen molar-refractivity contribution in [3.8, 4) is 0 Å². The van der Waals surface area contributed by atoms with Gasteiger partial charge in [-0.25, -0.2) is 13.1 Å². The van der Waals surface area contributed by atoms with Gasteiger partial charge >= 0.3 is 0 Å². The van der Waals surface area contributed by atoms with Gasteiger partial charge in [0.05, 0.1) is 4.90 Å². The van der Waals surface area contributed by atoms with E-state index in [1.807, 2.05) is 19.0 Å². The van der Waals surface area contributed by atoms with E-state index in [-0.39, 0.29) is 16.5 Å². The van der Waals surface area contributed by atoms with Crippen LogP contribution in [0.4, 0.5) is 0 Å². The van der Waals surface area contributed by atoms with Crippen LogP contribution in [0.15, 0.2) is 28.0 Å². The van der Waals surface area contributed by atoms with Crippen LogP contribution in [-0.2, 0) is 10.0 Å². The number of hydrogen-bond acceptors (Lipinski definition) is 4. The summed E-state index contributed by atoms with van der Waals surface area (Å²) in [5.74, 6) is 0. The predicted octanol–water partition coefficient (Wildman–Crippen LogP) is -0.397. The highest BCUT2D eigenvalue weighted by Crippen LogP contribution is 2.05. The molecule has 1 rings (SSSR count). The molecule has 0 saturated carbocycles. The molecule has 0 bridgehead atoms. The topological polar surface area (TPSA) is 82.3 Å². The van der Waals surface area contributed by atoms with Gasteiger partial charge in [-0.15, -0.1) is 0 Å². The molecule has 0 radical (unpaired) electrons. The average molecular weight is 259 g/mol. The molecule has 1 heterocycles. The molecule has 7 heteroatoms. The zero-order valence-electron chi connectivity index (χ0n) is 10.1. The first-order valence-corrected chi connectivity index (χ1v) is 6.65. The summed E-state index contributed by atoms with van der Waals surface area (Å²) in [6.45, 7) is 2.38. The molecule has 0 spiro atoms. The normalized spacial score (nSPS) is 13.9. The smallest absolute Gasteiger partial charge is 0.247 e. The molecule has 0 aliphatic carbocycles. The van der Waals surface area contributed by atoms with Crippen molar-refractivity contribution in [3.05, 3.63) is 28.7 Å². The number of rotatable bonds is 5. The molecular formula is C10H17N3O3S. The highest BCUT2D eigenvalue weighted by atomic mass is 32.2. The Morgan fingerprint density at radius 2 is 2.06 bits per heavy atom. The Balaban J connectivity index is 2.82. The first-order chi connectivity index (χ1) is 7.81. The van der Waals surface area contributed by atoms with Gasteiger partial charge in [0.15, 0.2) is 0 Å². The molecule has 0 saturated heterocycles. The Morgan fingerprint density at radius 3 is 2.53 bits per heavy atom. The van der Waals surface area contributed by atoms with Crippen molar-refractivity contribution in [2.75, 3.05) is 20.6 Å². The molecule has 1 aromatic heterocycles. The largest absolute Gasteiger partial charge is 0.328 e. The van der Waals surface area contributed by atoms with Crippen LogP contribution in [-0.4, -0.2) is 45.0 Å². The van der Waals surface area contributed by atoms with Crippen LogP contribution in [0, 0.1) is 0 Å². The lowest BCUT2D eigenvalue weighted by atomic mass is 10.3. The lowest BCUT2D eigenvalue weighted by Gasteiger charge is -2.18. The molecule has 0 aliphatic heterocycles. The fourth-order valence-electron chi connectivity index (χ4n) is 1.48. The van der Waals surface area contributed by atoms with E-state index >= 15 is 0 Å². The molecule has 2 N–H and O–H groups in total. The van der Waals surface area contributed by atoms with E-state index in [2.05, 4.69) is 9.71 Å². The first kappa shape index (κ1) is 13.9. The van der Waals surface area contributed by atoms with Crippen LogP contribution < -0.4 is 10.3 Å².